The van der Waals surface area contributed by atoms with Crippen LogP contribution < -0.4 is 4.72 Å². The Labute approximate surface area is 168 Å². The number of pyridine rings is 1. The van der Waals surface area contributed by atoms with E-state index in [1.54, 1.807) is 36.5 Å². The number of nitrogens with zero attached hydrogens (tertiary/aromatic N) is 1. The molecule has 144 valence electrons. The molecule has 0 saturated heterocycles. The van der Waals surface area contributed by atoms with Crippen LogP contribution in [-0.4, -0.2) is 19.3 Å². The van der Waals surface area contributed by atoms with Crippen LogP contribution in [0, 0.1) is 0 Å². The first kappa shape index (κ1) is 18.9. The van der Waals surface area contributed by atoms with Crippen LogP contribution in [0.15, 0.2) is 59.8 Å². The molecular formula is C21H19ClN2O3S. The molecule has 0 fully saturated rings. The van der Waals surface area contributed by atoms with Crippen molar-refractivity contribution in [3.63, 3.8) is 0 Å². The second kappa shape index (κ2) is 6.87. The maximum Gasteiger partial charge on any atom is 0.264 e. The van der Waals surface area contributed by atoms with Crippen molar-refractivity contribution in [1.82, 2.24) is 9.71 Å². The molecule has 1 heterocycles. The summed E-state index contributed by atoms with van der Waals surface area (Å²) in [5, 5.41) is 1.84. The zero-order chi connectivity index (χ0) is 19.9. The minimum absolute atomic E-state index is 0.0660. The first-order valence-electron chi connectivity index (χ1n) is 9.07. The molecule has 28 heavy (non-hydrogen) atoms. The molecule has 0 aliphatic heterocycles. The molecule has 2 aromatic carbocycles. The van der Waals surface area contributed by atoms with Gasteiger partial charge in [0.25, 0.3) is 10.0 Å². The van der Waals surface area contributed by atoms with Gasteiger partial charge in [0.2, 0.25) is 5.91 Å². The van der Waals surface area contributed by atoms with Gasteiger partial charge < -0.3 is 0 Å². The number of carbonyl (C=O) groups excluding carboxylic acids is 1. The summed E-state index contributed by atoms with van der Waals surface area (Å²) < 4.78 is 28.5. The van der Waals surface area contributed by atoms with Gasteiger partial charge in [-0.05, 0) is 48.6 Å². The van der Waals surface area contributed by atoms with Crippen molar-refractivity contribution in [2.75, 3.05) is 0 Å². The molecule has 0 saturated carbocycles. The van der Waals surface area contributed by atoms with Crippen LogP contribution in [0.4, 0.5) is 0 Å². The van der Waals surface area contributed by atoms with E-state index in [1.807, 2.05) is 13.0 Å². The zero-order valence-corrected chi connectivity index (χ0v) is 16.8. The van der Waals surface area contributed by atoms with Crippen molar-refractivity contribution < 1.29 is 13.2 Å². The summed E-state index contributed by atoms with van der Waals surface area (Å²) >= 11 is 6.30. The fraction of sp³-hybridized carbons (Fsp3) is 0.238. The Balaban J connectivity index is 1.75. The van der Waals surface area contributed by atoms with E-state index in [0.717, 1.165) is 11.1 Å². The largest absolute Gasteiger partial charge is 0.273 e. The van der Waals surface area contributed by atoms with Crippen LogP contribution in [0.25, 0.3) is 10.8 Å². The molecule has 1 N–H and O–H groups in total. The fourth-order valence-electron chi connectivity index (χ4n) is 4.10. The summed E-state index contributed by atoms with van der Waals surface area (Å²) in [6.45, 7) is 1.89. The third kappa shape index (κ3) is 2.88. The average molecular weight is 415 g/mol. The highest BCUT2D eigenvalue weighted by molar-refractivity contribution is 7.90. The van der Waals surface area contributed by atoms with E-state index in [2.05, 4.69) is 9.71 Å². The highest BCUT2D eigenvalue weighted by atomic mass is 35.5. The van der Waals surface area contributed by atoms with Crippen molar-refractivity contribution in [2.24, 2.45) is 0 Å². The third-order valence-corrected chi connectivity index (χ3v) is 7.37. The molecule has 1 atom stereocenters. The standard InChI is InChI=1S/C21H19ClN2O3S/c1-2-21(11-9-16-17(21)6-4-7-18(16)22)20(25)24-28(26,27)19-8-3-5-14-13-23-12-10-15(14)19/h3-8,10,12-13H,2,9,11H2,1H3,(H,24,25). The Morgan fingerprint density at radius 3 is 2.79 bits per heavy atom. The number of aromatic nitrogens is 1. The van der Waals surface area contributed by atoms with Crippen LogP contribution >= 0.6 is 11.6 Å². The molecule has 0 spiro atoms. The molecule has 0 radical (unpaired) electrons. The lowest BCUT2D eigenvalue weighted by Crippen LogP contribution is -2.45. The third-order valence-electron chi connectivity index (χ3n) is 5.63. The maximum atomic E-state index is 13.3. The Morgan fingerprint density at radius 2 is 2.00 bits per heavy atom. The molecule has 3 aromatic rings. The van der Waals surface area contributed by atoms with Crippen molar-refractivity contribution >= 4 is 38.3 Å². The number of benzene rings is 2. The topological polar surface area (TPSA) is 76.1 Å². The maximum absolute atomic E-state index is 13.3. The Hall–Kier alpha value is -2.44. The number of amides is 1. The summed E-state index contributed by atoms with van der Waals surface area (Å²) in [6, 6.07) is 12.0. The van der Waals surface area contributed by atoms with Gasteiger partial charge in [-0.2, -0.15) is 0 Å². The Morgan fingerprint density at radius 1 is 1.21 bits per heavy atom. The summed E-state index contributed by atoms with van der Waals surface area (Å²) in [4.78, 5) is 17.3. The molecular weight excluding hydrogens is 396 g/mol. The predicted molar refractivity (Wildman–Crippen MR) is 109 cm³/mol. The van der Waals surface area contributed by atoms with E-state index >= 15 is 0 Å². The van der Waals surface area contributed by atoms with Crippen molar-refractivity contribution in [2.45, 2.75) is 36.5 Å². The lowest BCUT2D eigenvalue weighted by molar-refractivity contribution is -0.125. The van der Waals surface area contributed by atoms with Gasteiger partial charge in [0, 0.05) is 28.2 Å². The van der Waals surface area contributed by atoms with E-state index < -0.39 is 21.3 Å². The van der Waals surface area contributed by atoms with E-state index in [9.17, 15) is 13.2 Å². The smallest absolute Gasteiger partial charge is 0.264 e. The number of nitrogens with one attached hydrogen (secondary N) is 1. The lowest BCUT2D eigenvalue weighted by atomic mass is 9.79. The number of rotatable bonds is 4. The molecule has 1 unspecified atom stereocenters. The number of carbonyl (C=O) groups is 1. The van der Waals surface area contributed by atoms with Gasteiger partial charge in [-0.3, -0.25) is 9.78 Å². The molecule has 1 aliphatic rings. The van der Waals surface area contributed by atoms with E-state index in [4.69, 9.17) is 11.6 Å². The number of sulfonamides is 1. The minimum atomic E-state index is -4.04. The number of hydrogen-bond acceptors (Lipinski definition) is 4. The molecule has 0 bridgehead atoms. The second-order valence-corrected chi connectivity index (χ2v) is 9.05. The van der Waals surface area contributed by atoms with Crippen molar-refractivity contribution in [3.8, 4) is 0 Å². The van der Waals surface area contributed by atoms with Gasteiger partial charge >= 0.3 is 0 Å². The highest BCUT2D eigenvalue weighted by Gasteiger charge is 2.45. The number of hydrogen-bond donors (Lipinski definition) is 1. The van der Waals surface area contributed by atoms with Crippen molar-refractivity contribution in [3.05, 3.63) is 71.0 Å². The van der Waals surface area contributed by atoms with E-state index in [0.29, 0.717) is 35.1 Å². The molecule has 5 nitrogen and oxygen atoms in total. The van der Waals surface area contributed by atoms with Crippen LogP contribution in [0.3, 0.4) is 0 Å². The molecule has 1 aromatic heterocycles. The SMILES string of the molecule is CCC1(C(=O)NS(=O)(=O)c2cccc3cnccc23)CCc2c(Cl)cccc21. The van der Waals surface area contributed by atoms with Gasteiger partial charge in [-0.15, -0.1) is 0 Å². The fourth-order valence-corrected chi connectivity index (χ4v) is 5.65. The lowest BCUT2D eigenvalue weighted by Gasteiger charge is -2.27. The number of halogens is 1. The summed E-state index contributed by atoms with van der Waals surface area (Å²) in [7, 11) is -4.04. The zero-order valence-electron chi connectivity index (χ0n) is 15.3. The van der Waals surface area contributed by atoms with E-state index in [1.165, 1.54) is 12.3 Å². The highest BCUT2D eigenvalue weighted by Crippen LogP contribution is 2.44. The first-order chi connectivity index (χ1) is 13.4. The minimum Gasteiger partial charge on any atom is -0.273 e. The van der Waals surface area contributed by atoms with Crippen LogP contribution in [0.2, 0.25) is 5.02 Å². The van der Waals surface area contributed by atoms with Gasteiger partial charge in [-0.1, -0.05) is 42.8 Å². The van der Waals surface area contributed by atoms with Gasteiger partial charge in [0.1, 0.15) is 0 Å². The molecule has 7 heteroatoms. The van der Waals surface area contributed by atoms with Gasteiger partial charge in [0.05, 0.1) is 10.3 Å². The summed E-state index contributed by atoms with van der Waals surface area (Å²) in [5.41, 5.74) is 0.839. The van der Waals surface area contributed by atoms with Crippen LogP contribution in [-0.2, 0) is 26.7 Å². The molecule has 1 aliphatic carbocycles. The molecule has 1 amide bonds. The monoisotopic (exact) mass is 414 g/mol. The Kier molecular flexibility index (Phi) is 4.63. The second-order valence-electron chi connectivity index (χ2n) is 6.99. The summed E-state index contributed by atoms with van der Waals surface area (Å²) in [6.07, 6.45) is 4.80. The van der Waals surface area contributed by atoms with Crippen LogP contribution in [0.5, 0.6) is 0 Å². The number of fused-ring (bicyclic) bond motifs is 2. The van der Waals surface area contributed by atoms with Gasteiger partial charge in [-0.25, -0.2) is 13.1 Å². The normalized spacial score (nSPS) is 18.8. The van der Waals surface area contributed by atoms with Gasteiger partial charge in [0.15, 0.2) is 0 Å². The molecule has 4 rings (SSSR count). The quantitative estimate of drug-likeness (QED) is 0.700. The van der Waals surface area contributed by atoms with E-state index in [-0.39, 0.29) is 4.90 Å². The Bertz CT molecular complexity index is 1190. The summed E-state index contributed by atoms with van der Waals surface area (Å²) in [5.74, 6) is -0.512. The first-order valence-corrected chi connectivity index (χ1v) is 10.9. The van der Waals surface area contributed by atoms with Crippen molar-refractivity contribution in [1.29, 1.82) is 0 Å². The predicted octanol–water partition coefficient (Wildman–Crippen LogP) is 3.99. The van der Waals surface area contributed by atoms with Crippen LogP contribution in [0.1, 0.15) is 30.9 Å². The average Bonchev–Trinajstić information content (AvgIpc) is 3.08.